The Balaban J connectivity index is 2.59. The van der Waals surface area contributed by atoms with Crippen molar-refractivity contribution in [3.8, 4) is 0 Å². The fourth-order valence-corrected chi connectivity index (χ4v) is 2.54. The van der Waals surface area contributed by atoms with Crippen LogP contribution in [0.3, 0.4) is 0 Å². The first-order valence-electron chi connectivity index (χ1n) is 5.40. The van der Waals surface area contributed by atoms with Crippen molar-refractivity contribution in [3.05, 3.63) is 35.1 Å². The van der Waals surface area contributed by atoms with Gasteiger partial charge in [0.05, 0.1) is 6.10 Å². The zero-order valence-corrected chi connectivity index (χ0v) is 9.42. The van der Waals surface area contributed by atoms with E-state index in [9.17, 15) is 9.50 Å². The van der Waals surface area contributed by atoms with Crippen LogP contribution in [0.15, 0.2) is 18.2 Å². The molecule has 0 heterocycles. The van der Waals surface area contributed by atoms with Gasteiger partial charge in [0.1, 0.15) is 5.82 Å². The van der Waals surface area contributed by atoms with Gasteiger partial charge in [-0.25, -0.2) is 4.39 Å². The van der Waals surface area contributed by atoms with Gasteiger partial charge >= 0.3 is 0 Å². The van der Waals surface area contributed by atoms with E-state index in [2.05, 4.69) is 13.8 Å². The molecule has 2 unspecified atom stereocenters. The van der Waals surface area contributed by atoms with Gasteiger partial charge in [-0.1, -0.05) is 26.8 Å². The Hall–Kier alpha value is -0.890. The van der Waals surface area contributed by atoms with Crippen LogP contribution in [0.25, 0.3) is 0 Å². The third-order valence-corrected chi connectivity index (χ3v) is 3.53. The van der Waals surface area contributed by atoms with E-state index in [1.165, 1.54) is 11.6 Å². The Morgan fingerprint density at radius 1 is 1.40 bits per heavy atom. The van der Waals surface area contributed by atoms with Gasteiger partial charge in [0.2, 0.25) is 0 Å². The van der Waals surface area contributed by atoms with Crippen LogP contribution in [-0.4, -0.2) is 11.2 Å². The predicted octanol–water partition coefficient (Wildman–Crippen LogP) is 2.97. The fourth-order valence-electron chi connectivity index (χ4n) is 2.54. The number of aliphatic hydroxyl groups is 1. The summed E-state index contributed by atoms with van der Waals surface area (Å²) < 4.78 is 13.2. The highest BCUT2D eigenvalue weighted by molar-refractivity contribution is 5.39. The molecule has 1 aliphatic rings. The number of rotatable bonds is 0. The highest BCUT2D eigenvalue weighted by Gasteiger charge is 2.36. The molecule has 15 heavy (non-hydrogen) atoms. The zero-order chi connectivity index (χ0) is 11.2. The predicted molar refractivity (Wildman–Crippen MR) is 58.5 cm³/mol. The summed E-state index contributed by atoms with van der Waals surface area (Å²) in [5.41, 5.74) is 2.06. The lowest BCUT2D eigenvalue weighted by Crippen LogP contribution is -2.35. The van der Waals surface area contributed by atoms with Gasteiger partial charge in [0, 0.05) is 5.92 Å². The van der Waals surface area contributed by atoms with E-state index in [0.717, 1.165) is 12.0 Å². The van der Waals surface area contributed by atoms with E-state index in [-0.39, 0.29) is 23.3 Å². The molecule has 0 fully saturated rings. The second-order valence-corrected chi connectivity index (χ2v) is 5.18. The third kappa shape index (κ3) is 1.67. The highest BCUT2D eigenvalue weighted by Crippen LogP contribution is 2.42. The first-order valence-corrected chi connectivity index (χ1v) is 5.40. The van der Waals surface area contributed by atoms with Gasteiger partial charge in [0.25, 0.3) is 0 Å². The molecule has 0 saturated carbocycles. The van der Waals surface area contributed by atoms with E-state index < -0.39 is 0 Å². The summed E-state index contributed by atoms with van der Waals surface area (Å²) in [6.07, 6.45) is 0.376. The van der Waals surface area contributed by atoms with Crippen LogP contribution >= 0.6 is 0 Å². The Bertz CT molecular complexity index is 384. The van der Waals surface area contributed by atoms with Crippen molar-refractivity contribution in [1.82, 2.24) is 0 Å². The second-order valence-electron chi connectivity index (χ2n) is 5.18. The average molecular weight is 208 g/mol. The summed E-state index contributed by atoms with van der Waals surface area (Å²) in [6, 6.07) is 4.92. The molecule has 0 aromatic heterocycles. The normalized spacial score (nSPS) is 28.6. The summed E-state index contributed by atoms with van der Waals surface area (Å²) in [7, 11) is 0. The van der Waals surface area contributed by atoms with Crippen LogP contribution in [0, 0.1) is 5.82 Å². The summed E-state index contributed by atoms with van der Waals surface area (Å²) in [5.74, 6) is -0.186. The molecule has 82 valence electrons. The molecule has 0 bridgehead atoms. The molecular formula is C13H17FO. The van der Waals surface area contributed by atoms with Crippen LogP contribution in [0.4, 0.5) is 4.39 Å². The van der Waals surface area contributed by atoms with E-state index in [1.54, 1.807) is 6.07 Å². The quantitative estimate of drug-likeness (QED) is 0.695. The number of fused-ring (bicyclic) bond motifs is 1. The van der Waals surface area contributed by atoms with Gasteiger partial charge in [-0.3, -0.25) is 0 Å². The molecule has 0 aliphatic heterocycles. The second kappa shape index (κ2) is 3.31. The maximum absolute atomic E-state index is 13.2. The molecule has 1 aliphatic carbocycles. The molecule has 1 aromatic carbocycles. The van der Waals surface area contributed by atoms with Crippen LogP contribution in [0.2, 0.25) is 0 Å². The zero-order valence-electron chi connectivity index (χ0n) is 9.42. The van der Waals surface area contributed by atoms with Crippen molar-refractivity contribution in [2.75, 3.05) is 0 Å². The van der Waals surface area contributed by atoms with Crippen LogP contribution in [0.5, 0.6) is 0 Å². The van der Waals surface area contributed by atoms with Crippen molar-refractivity contribution < 1.29 is 9.50 Å². The molecule has 0 amide bonds. The van der Waals surface area contributed by atoms with Crippen molar-refractivity contribution in [3.63, 3.8) is 0 Å². The van der Waals surface area contributed by atoms with Crippen LogP contribution < -0.4 is 0 Å². The van der Waals surface area contributed by atoms with Gasteiger partial charge in [-0.05, 0) is 35.1 Å². The van der Waals surface area contributed by atoms with Crippen molar-refractivity contribution in [1.29, 1.82) is 0 Å². The SMILES string of the molecule is CC1c2cc(F)ccc2C(C)(C)CC1O. The minimum absolute atomic E-state index is 0.0312. The summed E-state index contributed by atoms with van der Waals surface area (Å²) >= 11 is 0. The summed E-state index contributed by atoms with van der Waals surface area (Å²) in [4.78, 5) is 0. The molecule has 2 heteroatoms. The molecule has 0 radical (unpaired) electrons. The molecule has 1 nitrogen and oxygen atoms in total. The lowest BCUT2D eigenvalue weighted by atomic mass is 9.68. The van der Waals surface area contributed by atoms with E-state index >= 15 is 0 Å². The molecular weight excluding hydrogens is 191 g/mol. The lowest BCUT2D eigenvalue weighted by Gasteiger charge is -2.39. The molecule has 0 saturated heterocycles. The Morgan fingerprint density at radius 3 is 2.73 bits per heavy atom. The maximum atomic E-state index is 13.2. The first kappa shape index (κ1) is 10.6. The Morgan fingerprint density at radius 2 is 2.07 bits per heavy atom. The monoisotopic (exact) mass is 208 g/mol. The smallest absolute Gasteiger partial charge is 0.123 e. The molecule has 2 rings (SSSR count). The average Bonchev–Trinajstić information content (AvgIpc) is 2.13. The van der Waals surface area contributed by atoms with Crippen molar-refractivity contribution in [2.45, 2.75) is 44.6 Å². The summed E-state index contributed by atoms with van der Waals surface area (Å²) in [5, 5.41) is 9.93. The third-order valence-electron chi connectivity index (χ3n) is 3.53. The molecule has 0 spiro atoms. The molecule has 1 N–H and O–H groups in total. The molecule has 1 aromatic rings. The number of hydrogen-bond donors (Lipinski definition) is 1. The largest absolute Gasteiger partial charge is 0.392 e. The van der Waals surface area contributed by atoms with E-state index in [1.807, 2.05) is 13.0 Å². The van der Waals surface area contributed by atoms with Crippen LogP contribution in [-0.2, 0) is 5.41 Å². The topological polar surface area (TPSA) is 20.2 Å². The van der Waals surface area contributed by atoms with Crippen molar-refractivity contribution in [2.24, 2.45) is 0 Å². The molecule has 2 atom stereocenters. The number of hydrogen-bond acceptors (Lipinski definition) is 1. The standard InChI is InChI=1S/C13H17FO/c1-8-10-6-9(14)4-5-11(10)13(2,3)7-12(8)15/h4-6,8,12,15H,7H2,1-3H3. The number of halogens is 1. The fraction of sp³-hybridized carbons (Fsp3) is 0.538. The van der Waals surface area contributed by atoms with E-state index in [4.69, 9.17) is 0 Å². The minimum Gasteiger partial charge on any atom is -0.392 e. The van der Waals surface area contributed by atoms with Gasteiger partial charge in [-0.15, -0.1) is 0 Å². The summed E-state index contributed by atoms with van der Waals surface area (Å²) in [6.45, 7) is 6.15. The highest BCUT2D eigenvalue weighted by atomic mass is 19.1. The van der Waals surface area contributed by atoms with Crippen LogP contribution in [0.1, 0.15) is 44.2 Å². The van der Waals surface area contributed by atoms with Gasteiger partial charge < -0.3 is 5.11 Å². The minimum atomic E-state index is -0.366. The first-order chi connectivity index (χ1) is 6.92. The Kier molecular flexibility index (Phi) is 2.34. The van der Waals surface area contributed by atoms with E-state index in [0.29, 0.717) is 0 Å². The van der Waals surface area contributed by atoms with Gasteiger partial charge in [-0.2, -0.15) is 0 Å². The number of aliphatic hydroxyl groups excluding tert-OH is 1. The van der Waals surface area contributed by atoms with Gasteiger partial charge in [0.15, 0.2) is 0 Å². The maximum Gasteiger partial charge on any atom is 0.123 e. The van der Waals surface area contributed by atoms with Crippen molar-refractivity contribution >= 4 is 0 Å². The Labute approximate surface area is 89.9 Å². The number of benzene rings is 1. The lowest BCUT2D eigenvalue weighted by molar-refractivity contribution is 0.103.